The first-order valence-electron chi connectivity index (χ1n) is 7.11. The fraction of sp³-hybridized carbons (Fsp3) is 0.200. The highest BCUT2D eigenvalue weighted by Crippen LogP contribution is 2.11. The van der Waals surface area contributed by atoms with E-state index in [9.17, 15) is 19.7 Å². The van der Waals surface area contributed by atoms with E-state index in [-0.39, 0.29) is 31.1 Å². The summed E-state index contributed by atoms with van der Waals surface area (Å²) in [4.78, 5) is 41.5. The Kier molecular flexibility index (Phi) is 5.89. The van der Waals surface area contributed by atoms with E-state index >= 15 is 0 Å². The van der Waals surface area contributed by atoms with Crippen molar-refractivity contribution in [1.82, 2.24) is 20.6 Å². The number of nitro benzene ring substituents is 1. The summed E-state index contributed by atoms with van der Waals surface area (Å²) in [6, 6.07) is 6.91. The highest BCUT2D eigenvalue weighted by Gasteiger charge is 2.10. The van der Waals surface area contributed by atoms with Crippen molar-refractivity contribution >= 4 is 17.5 Å². The van der Waals surface area contributed by atoms with Gasteiger partial charge in [0.05, 0.1) is 11.5 Å². The molecule has 0 bridgehead atoms. The van der Waals surface area contributed by atoms with Crippen molar-refractivity contribution in [3.63, 3.8) is 0 Å². The molecule has 2 aromatic rings. The van der Waals surface area contributed by atoms with Gasteiger partial charge in [0.2, 0.25) is 5.91 Å². The van der Waals surface area contributed by atoms with E-state index in [1.165, 1.54) is 24.3 Å². The Morgan fingerprint density at radius 3 is 2.38 bits per heavy atom. The molecule has 0 aliphatic rings. The first kappa shape index (κ1) is 17.0. The van der Waals surface area contributed by atoms with Crippen LogP contribution in [0, 0.1) is 10.1 Å². The summed E-state index contributed by atoms with van der Waals surface area (Å²) in [5.74, 6) is -0.142. The second-order valence-electron chi connectivity index (χ2n) is 4.75. The van der Waals surface area contributed by atoms with Crippen LogP contribution in [-0.2, 0) is 11.3 Å². The van der Waals surface area contributed by atoms with Crippen LogP contribution in [0.15, 0.2) is 42.7 Å². The van der Waals surface area contributed by atoms with Gasteiger partial charge in [-0.2, -0.15) is 0 Å². The summed E-state index contributed by atoms with van der Waals surface area (Å²) in [7, 11) is 0. The number of non-ortho nitro benzene ring substituents is 1. The Morgan fingerprint density at radius 1 is 1.08 bits per heavy atom. The number of carbonyl (C=O) groups excluding carboxylic acids is 2. The average molecular weight is 329 g/mol. The van der Waals surface area contributed by atoms with Crippen LogP contribution < -0.4 is 10.6 Å². The number of nitrogens with one attached hydrogen (secondary N) is 2. The van der Waals surface area contributed by atoms with Gasteiger partial charge in [-0.1, -0.05) is 0 Å². The highest BCUT2D eigenvalue weighted by atomic mass is 16.6. The molecule has 1 aromatic carbocycles. The van der Waals surface area contributed by atoms with Crippen LogP contribution in [0.4, 0.5) is 5.69 Å². The van der Waals surface area contributed by atoms with Gasteiger partial charge in [-0.25, -0.2) is 9.97 Å². The molecular weight excluding hydrogens is 314 g/mol. The lowest BCUT2D eigenvalue weighted by Crippen LogP contribution is -2.30. The first-order chi connectivity index (χ1) is 11.6. The SMILES string of the molecule is O=C(CCNC(=O)c1ccc([N+](=O)[O-])cc1)NCc1ncccn1. The molecule has 0 atom stereocenters. The fourth-order valence-corrected chi connectivity index (χ4v) is 1.81. The number of rotatable bonds is 7. The minimum absolute atomic E-state index is 0.0888. The van der Waals surface area contributed by atoms with Crippen LogP contribution in [0.1, 0.15) is 22.6 Å². The highest BCUT2D eigenvalue weighted by molar-refractivity contribution is 5.94. The molecule has 0 spiro atoms. The van der Waals surface area contributed by atoms with Crippen LogP contribution in [0.5, 0.6) is 0 Å². The van der Waals surface area contributed by atoms with Gasteiger partial charge in [0, 0.05) is 43.1 Å². The van der Waals surface area contributed by atoms with Crippen LogP contribution in [0.2, 0.25) is 0 Å². The molecule has 0 aliphatic heterocycles. The second-order valence-corrected chi connectivity index (χ2v) is 4.75. The third-order valence-electron chi connectivity index (χ3n) is 3.04. The Bertz CT molecular complexity index is 718. The number of hydrogen-bond donors (Lipinski definition) is 2. The maximum atomic E-state index is 11.9. The third-order valence-corrected chi connectivity index (χ3v) is 3.04. The van der Waals surface area contributed by atoms with Crippen molar-refractivity contribution < 1.29 is 14.5 Å². The van der Waals surface area contributed by atoms with E-state index in [1.54, 1.807) is 18.5 Å². The minimum Gasteiger partial charge on any atom is -0.352 e. The molecule has 2 amide bonds. The zero-order chi connectivity index (χ0) is 17.4. The number of benzene rings is 1. The number of nitrogens with zero attached hydrogens (tertiary/aromatic N) is 3. The van der Waals surface area contributed by atoms with E-state index in [4.69, 9.17) is 0 Å². The summed E-state index contributed by atoms with van der Waals surface area (Å²) < 4.78 is 0. The van der Waals surface area contributed by atoms with Crippen LogP contribution >= 0.6 is 0 Å². The molecule has 0 fully saturated rings. The standard InChI is InChI=1S/C15H15N5O4/c21-14(19-10-13-16-7-1-8-17-13)6-9-18-15(22)11-2-4-12(5-3-11)20(23)24/h1-5,7-8H,6,9-10H2,(H,18,22)(H,19,21). The second kappa shape index (κ2) is 8.32. The molecule has 0 saturated heterocycles. The van der Waals surface area contributed by atoms with Crippen molar-refractivity contribution in [2.24, 2.45) is 0 Å². The minimum atomic E-state index is -0.539. The van der Waals surface area contributed by atoms with Crippen LogP contribution in [0.3, 0.4) is 0 Å². The van der Waals surface area contributed by atoms with Gasteiger partial charge in [-0.05, 0) is 18.2 Å². The number of aromatic nitrogens is 2. The van der Waals surface area contributed by atoms with Gasteiger partial charge in [-0.3, -0.25) is 19.7 Å². The molecule has 2 rings (SSSR count). The monoisotopic (exact) mass is 329 g/mol. The fourth-order valence-electron chi connectivity index (χ4n) is 1.81. The molecular formula is C15H15N5O4. The van der Waals surface area contributed by atoms with Crippen molar-refractivity contribution in [3.8, 4) is 0 Å². The van der Waals surface area contributed by atoms with E-state index in [1.807, 2.05) is 0 Å². The smallest absolute Gasteiger partial charge is 0.269 e. The Hall–Kier alpha value is -3.36. The van der Waals surface area contributed by atoms with Gasteiger partial charge >= 0.3 is 0 Å². The van der Waals surface area contributed by atoms with Crippen molar-refractivity contribution in [1.29, 1.82) is 0 Å². The molecule has 0 saturated carbocycles. The summed E-state index contributed by atoms with van der Waals surface area (Å²) in [6.07, 6.45) is 3.27. The molecule has 2 N–H and O–H groups in total. The summed E-state index contributed by atoms with van der Waals surface area (Å²) >= 11 is 0. The predicted octanol–water partition coefficient (Wildman–Crippen LogP) is 0.821. The molecule has 0 unspecified atom stereocenters. The van der Waals surface area contributed by atoms with E-state index in [0.29, 0.717) is 11.4 Å². The topological polar surface area (TPSA) is 127 Å². The molecule has 124 valence electrons. The van der Waals surface area contributed by atoms with Gasteiger partial charge in [0.25, 0.3) is 11.6 Å². The Morgan fingerprint density at radius 2 is 1.75 bits per heavy atom. The lowest BCUT2D eigenvalue weighted by molar-refractivity contribution is -0.384. The zero-order valence-corrected chi connectivity index (χ0v) is 12.6. The maximum absolute atomic E-state index is 11.9. The Labute approximate surface area is 137 Å². The largest absolute Gasteiger partial charge is 0.352 e. The number of amides is 2. The van der Waals surface area contributed by atoms with Gasteiger partial charge in [0.1, 0.15) is 5.82 Å². The van der Waals surface area contributed by atoms with E-state index in [2.05, 4.69) is 20.6 Å². The summed E-state index contributed by atoms with van der Waals surface area (Å²) in [5, 5.41) is 15.8. The van der Waals surface area contributed by atoms with Crippen molar-refractivity contribution in [2.75, 3.05) is 6.54 Å². The quantitative estimate of drug-likeness (QED) is 0.572. The third kappa shape index (κ3) is 5.13. The number of nitro groups is 1. The number of carbonyl (C=O) groups is 2. The molecule has 9 nitrogen and oxygen atoms in total. The molecule has 9 heteroatoms. The summed E-state index contributed by atoms with van der Waals surface area (Å²) in [6.45, 7) is 0.368. The van der Waals surface area contributed by atoms with Crippen molar-refractivity contribution in [3.05, 3.63) is 64.2 Å². The van der Waals surface area contributed by atoms with Gasteiger partial charge in [0.15, 0.2) is 0 Å². The first-order valence-corrected chi connectivity index (χ1v) is 7.11. The maximum Gasteiger partial charge on any atom is 0.269 e. The zero-order valence-electron chi connectivity index (χ0n) is 12.6. The molecule has 24 heavy (non-hydrogen) atoms. The normalized spacial score (nSPS) is 10.0. The van der Waals surface area contributed by atoms with Crippen LogP contribution in [0.25, 0.3) is 0 Å². The van der Waals surface area contributed by atoms with E-state index in [0.717, 1.165) is 0 Å². The van der Waals surface area contributed by atoms with Gasteiger partial charge in [-0.15, -0.1) is 0 Å². The lowest BCUT2D eigenvalue weighted by Gasteiger charge is -2.06. The van der Waals surface area contributed by atoms with E-state index < -0.39 is 10.8 Å². The lowest BCUT2D eigenvalue weighted by atomic mass is 10.2. The summed E-state index contributed by atoms with van der Waals surface area (Å²) in [5.41, 5.74) is 0.202. The average Bonchev–Trinajstić information content (AvgIpc) is 2.61. The Balaban J connectivity index is 1.72. The predicted molar refractivity (Wildman–Crippen MR) is 83.9 cm³/mol. The number of hydrogen-bond acceptors (Lipinski definition) is 6. The van der Waals surface area contributed by atoms with Crippen LogP contribution in [-0.4, -0.2) is 33.3 Å². The van der Waals surface area contributed by atoms with Crippen molar-refractivity contribution in [2.45, 2.75) is 13.0 Å². The molecule has 1 heterocycles. The van der Waals surface area contributed by atoms with Gasteiger partial charge < -0.3 is 10.6 Å². The molecule has 0 radical (unpaired) electrons. The molecule has 1 aromatic heterocycles. The molecule has 0 aliphatic carbocycles.